The predicted octanol–water partition coefficient (Wildman–Crippen LogP) is 6.80. The van der Waals surface area contributed by atoms with Gasteiger partial charge in [0.15, 0.2) is 0 Å². The van der Waals surface area contributed by atoms with E-state index >= 15 is 0 Å². The third-order valence-corrected chi connectivity index (χ3v) is 8.99. The van der Waals surface area contributed by atoms with Crippen molar-refractivity contribution in [2.75, 3.05) is 4.90 Å². The Bertz CT molecular complexity index is 1560. The molecule has 1 aliphatic rings. The summed E-state index contributed by atoms with van der Waals surface area (Å²) >= 11 is 5.85. The Hall–Kier alpha value is -3.39. The summed E-state index contributed by atoms with van der Waals surface area (Å²) in [5.41, 5.74) is 3.78. The molecule has 0 aromatic heterocycles. The largest absolute Gasteiger partial charge is 0.508 e. The number of thiocarbonyl (C=S) groups is 1. The van der Waals surface area contributed by atoms with Crippen molar-refractivity contribution < 1.29 is 29.0 Å². The van der Waals surface area contributed by atoms with Gasteiger partial charge in [-0.1, -0.05) is 73.2 Å². The number of benzene rings is 4. The van der Waals surface area contributed by atoms with Gasteiger partial charge in [-0.2, -0.15) is 0 Å². The van der Waals surface area contributed by atoms with Gasteiger partial charge in [-0.25, -0.2) is 4.39 Å². The summed E-state index contributed by atoms with van der Waals surface area (Å²) in [6.45, 7) is 0. The molecule has 1 fully saturated rings. The van der Waals surface area contributed by atoms with Gasteiger partial charge in [0.25, 0.3) is 0 Å². The topological polar surface area (TPSA) is 101 Å². The maximum Gasteiger partial charge on any atom is 0.356 e. The van der Waals surface area contributed by atoms with Crippen LogP contribution in [0.15, 0.2) is 97.1 Å². The van der Waals surface area contributed by atoms with Gasteiger partial charge in [0.2, 0.25) is 0 Å². The molecule has 0 bridgehead atoms. The zero-order chi connectivity index (χ0) is 29.1. The molecule has 0 aliphatic carbocycles. The first kappa shape index (κ1) is 29.1. The number of hydrogen-bond donors (Lipinski definition) is 4. The third kappa shape index (κ3) is 6.58. The van der Waals surface area contributed by atoms with Crippen LogP contribution in [0.1, 0.15) is 49.0 Å². The minimum absolute atomic E-state index is 0.0625. The fourth-order valence-corrected chi connectivity index (χ4v) is 6.56. The van der Waals surface area contributed by atoms with E-state index in [0.29, 0.717) is 24.0 Å². The number of aliphatic hydroxyl groups is 1. The lowest BCUT2D eigenvalue weighted by Crippen LogP contribution is -2.28. The average molecular weight is 592 g/mol. The van der Waals surface area contributed by atoms with Crippen molar-refractivity contribution in [1.82, 2.24) is 0 Å². The highest BCUT2D eigenvalue weighted by Crippen LogP contribution is 2.47. The van der Waals surface area contributed by atoms with Gasteiger partial charge in [0.1, 0.15) is 11.6 Å². The van der Waals surface area contributed by atoms with Crippen LogP contribution >= 0.6 is 19.8 Å². The Kier molecular flexibility index (Phi) is 8.68. The Morgan fingerprint density at radius 1 is 0.927 bits per heavy atom. The van der Waals surface area contributed by atoms with Crippen molar-refractivity contribution in [2.45, 2.75) is 37.8 Å². The molecule has 6 nitrogen and oxygen atoms in total. The van der Waals surface area contributed by atoms with Gasteiger partial charge in [-0.05, 0) is 77.9 Å². The summed E-state index contributed by atoms with van der Waals surface area (Å²) in [6, 6.07) is 27.0. The fourth-order valence-electron chi connectivity index (χ4n) is 5.59. The number of rotatable bonds is 9. The second-order valence-electron chi connectivity index (χ2n) is 10.4. The van der Waals surface area contributed by atoms with E-state index in [-0.39, 0.29) is 28.8 Å². The Morgan fingerprint density at radius 3 is 2.22 bits per heavy atom. The van der Waals surface area contributed by atoms with E-state index in [0.717, 1.165) is 34.6 Å². The maximum absolute atomic E-state index is 13.3. The lowest BCUT2D eigenvalue weighted by atomic mass is 9.87. The molecular weight excluding hydrogens is 560 g/mol. The van der Waals surface area contributed by atoms with Crippen molar-refractivity contribution >= 4 is 35.8 Å². The lowest BCUT2D eigenvalue weighted by molar-refractivity contribution is 0.160. The highest BCUT2D eigenvalue weighted by Gasteiger charge is 2.40. The van der Waals surface area contributed by atoms with Crippen molar-refractivity contribution in [3.63, 3.8) is 0 Å². The second kappa shape index (κ2) is 12.2. The van der Waals surface area contributed by atoms with Gasteiger partial charge in [0, 0.05) is 17.7 Å². The third-order valence-electron chi connectivity index (χ3n) is 7.66. The molecular formula is C32H31FNO5PS. The van der Waals surface area contributed by atoms with Crippen LogP contribution in [-0.2, 0) is 4.57 Å². The molecule has 0 radical (unpaired) electrons. The van der Waals surface area contributed by atoms with E-state index < -0.39 is 13.7 Å². The number of aliphatic hydroxyl groups excluding tert-OH is 1. The molecule has 1 heterocycles. The molecule has 4 N–H and O–H groups in total. The second-order valence-corrected chi connectivity index (χ2v) is 12.4. The first-order valence-corrected chi connectivity index (χ1v) is 15.4. The Balaban J connectivity index is 1.40. The smallest absolute Gasteiger partial charge is 0.356 e. The molecule has 3 atom stereocenters. The van der Waals surface area contributed by atoms with Crippen molar-refractivity contribution in [1.29, 1.82) is 0 Å². The van der Waals surface area contributed by atoms with Crippen molar-refractivity contribution in [3.8, 4) is 16.9 Å². The van der Waals surface area contributed by atoms with Crippen molar-refractivity contribution in [2.24, 2.45) is 5.92 Å². The zero-order valence-corrected chi connectivity index (χ0v) is 23.9. The summed E-state index contributed by atoms with van der Waals surface area (Å²) in [4.78, 5) is 21.7. The molecule has 0 saturated carbocycles. The minimum Gasteiger partial charge on any atom is -0.508 e. The van der Waals surface area contributed by atoms with E-state index in [2.05, 4.69) is 4.90 Å². The Labute approximate surface area is 243 Å². The number of phenolic OH excluding ortho intramolecular Hbond substituents is 1. The zero-order valence-electron chi connectivity index (χ0n) is 22.2. The van der Waals surface area contributed by atoms with Gasteiger partial charge >= 0.3 is 7.60 Å². The van der Waals surface area contributed by atoms with Gasteiger partial charge in [-0.3, -0.25) is 4.57 Å². The van der Waals surface area contributed by atoms with Crippen LogP contribution in [-0.4, -0.2) is 25.0 Å². The van der Waals surface area contributed by atoms with Crippen LogP contribution in [0.25, 0.3) is 11.1 Å². The van der Waals surface area contributed by atoms with Crippen LogP contribution in [0.3, 0.4) is 0 Å². The molecule has 3 unspecified atom stereocenters. The summed E-state index contributed by atoms with van der Waals surface area (Å²) in [7, 11) is -4.34. The number of aromatic hydroxyl groups is 1. The lowest BCUT2D eigenvalue weighted by Gasteiger charge is -2.31. The molecule has 0 spiro atoms. The predicted molar refractivity (Wildman–Crippen MR) is 163 cm³/mol. The van der Waals surface area contributed by atoms with Crippen LogP contribution < -0.4 is 10.2 Å². The number of halogens is 1. The van der Waals surface area contributed by atoms with Crippen LogP contribution in [0.4, 0.5) is 10.1 Å². The number of nitrogens with zero attached hydrogens (tertiary/aromatic N) is 1. The average Bonchev–Trinajstić information content (AvgIpc) is 3.28. The standard InChI is InChI=1S/C32H31FNO5PS/c33-25-14-9-22(10-15-25)29(35)8-4-5-24-20-31(41)34(26-6-2-1-3-7-26)32(24)28-18-13-23(19-30(28)36)21-11-16-27(17-12-21)40(37,38)39/h1-3,6-7,9-19,24,29,32,35-36H,4-5,8,20H2,(H2,37,38,39). The highest BCUT2D eigenvalue weighted by atomic mass is 32.1. The number of phenols is 1. The Morgan fingerprint density at radius 2 is 1.59 bits per heavy atom. The van der Waals surface area contributed by atoms with E-state index in [1.807, 2.05) is 42.5 Å². The first-order chi connectivity index (χ1) is 19.6. The van der Waals surface area contributed by atoms with Crippen molar-refractivity contribution in [3.05, 3.63) is 114 Å². The van der Waals surface area contributed by atoms with E-state index in [4.69, 9.17) is 12.2 Å². The highest BCUT2D eigenvalue weighted by molar-refractivity contribution is 7.80. The van der Waals surface area contributed by atoms with E-state index in [1.165, 1.54) is 24.3 Å². The van der Waals surface area contributed by atoms with E-state index in [9.17, 15) is 29.0 Å². The summed E-state index contributed by atoms with van der Waals surface area (Å²) in [6.07, 6.45) is 1.96. The fraction of sp³-hybridized carbons (Fsp3) is 0.219. The molecule has 4 aromatic carbocycles. The monoisotopic (exact) mass is 591 g/mol. The maximum atomic E-state index is 13.3. The summed E-state index contributed by atoms with van der Waals surface area (Å²) in [5, 5.41) is 21.9. The van der Waals surface area contributed by atoms with Crippen LogP contribution in [0, 0.1) is 11.7 Å². The number of para-hydroxylation sites is 1. The van der Waals surface area contributed by atoms with Crippen LogP contribution in [0.2, 0.25) is 0 Å². The summed E-state index contributed by atoms with van der Waals surface area (Å²) in [5.74, 6) is -0.149. The minimum atomic E-state index is -4.34. The number of hydrogen-bond acceptors (Lipinski definition) is 4. The molecule has 212 valence electrons. The molecule has 4 aromatic rings. The molecule has 41 heavy (non-hydrogen) atoms. The number of anilines is 1. The van der Waals surface area contributed by atoms with Gasteiger partial charge in [-0.15, -0.1) is 0 Å². The SMILES string of the molecule is O=P(O)(O)c1ccc(-c2ccc(C3C(CCCC(O)c4ccc(F)cc4)CC(=S)N3c3ccccc3)c(O)c2)cc1. The van der Waals surface area contributed by atoms with Gasteiger partial charge in [0.05, 0.1) is 22.4 Å². The van der Waals surface area contributed by atoms with Crippen LogP contribution in [0.5, 0.6) is 5.75 Å². The molecule has 0 amide bonds. The molecule has 1 saturated heterocycles. The quantitative estimate of drug-likeness (QED) is 0.125. The first-order valence-electron chi connectivity index (χ1n) is 13.4. The normalized spacial score (nSPS) is 18.0. The molecule has 1 aliphatic heterocycles. The molecule has 9 heteroatoms. The van der Waals surface area contributed by atoms with Gasteiger partial charge < -0.3 is 24.9 Å². The summed E-state index contributed by atoms with van der Waals surface area (Å²) < 4.78 is 24.8. The van der Waals surface area contributed by atoms with E-state index in [1.54, 1.807) is 30.3 Å². The molecule has 5 rings (SSSR count).